The Kier molecular flexibility index (Phi) is 2.08. The molecule has 1 aromatic carbocycles. The topological polar surface area (TPSA) is 0 Å². The van der Waals surface area contributed by atoms with E-state index in [9.17, 15) is 0 Å². The van der Waals surface area contributed by atoms with Crippen LogP contribution in [-0.4, -0.2) is 4.86 Å². The van der Waals surface area contributed by atoms with Crippen LogP contribution in [0.2, 0.25) is 0 Å². The van der Waals surface area contributed by atoms with E-state index in [1.807, 2.05) is 0 Å². The third-order valence-electron chi connectivity index (χ3n) is 2.56. The number of halogens is 1. The van der Waals surface area contributed by atoms with Gasteiger partial charge in [0.15, 0.2) is 0 Å². The second-order valence-corrected chi connectivity index (χ2v) is 5.52. The second kappa shape index (κ2) is 2.89. The van der Waals surface area contributed by atoms with Crippen molar-refractivity contribution in [3.63, 3.8) is 0 Å². The zero-order valence-corrected chi connectivity index (χ0v) is 10.1. The maximum Gasteiger partial charge on any atom is 0.0286 e. The minimum absolute atomic E-state index is 0.165. The molecule has 0 nitrogen and oxygen atoms in total. The van der Waals surface area contributed by atoms with Gasteiger partial charge in [0, 0.05) is 14.8 Å². The molecule has 0 aromatic heterocycles. The van der Waals surface area contributed by atoms with Crippen LogP contribution in [0.15, 0.2) is 22.7 Å². The molecule has 0 heterocycles. The summed E-state index contributed by atoms with van der Waals surface area (Å²) in [4.78, 5) is 1.11. The molecule has 1 aliphatic carbocycles. The maximum atomic E-state index is 5.44. The van der Waals surface area contributed by atoms with Crippen molar-refractivity contribution in [2.75, 3.05) is 0 Å². The molecule has 0 radical (unpaired) electrons. The number of fused-ring (bicyclic) bond motifs is 1. The highest BCUT2D eigenvalue weighted by Gasteiger charge is 2.33. The van der Waals surface area contributed by atoms with Gasteiger partial charge in [-0.05, 0) is 29.7 Å². The van der Waals surface area contributed by atoms with E-state index in [4.69, 9.17) is 12.2 Å². The molecule has 2 heteroatoms. The summed E-state index contributed by atoms with van der Waals surface area (Å²) in [5.41, 5.74) is 2.81. The summed E-state index contributed by atoms with van der Waals surface area (Å²) in [5, 5.41) is 0. The van der Waals surface area contributed by atoms with Gasteiger partial charge in [0.2, 0.25) is 0 Å². The van der Waals surface area contributed by atoms with Crippen molar-refractivity contribution < 1.29 is 0 Å². The van der Waals surface area contributed by atoms with Crippen LogP contribution in [0.3, 0.4) is 0 Å². The van der Waals surface area contributed by atoms with Crippen LogP contribution in [0.1, 0.15) is 25.0 Å². The van der Waals surface area contributed by atoms with Gasteiger partial charge in [0.1, 0.15) is 0 Å². The molecule has 0 saturated carbocycles. The highest BCUT2D eigenvalue weighted by Crippen LogP contribution is 2.37. The highest BCUT2D eigenvalue weighted by molar-refractivity contribution is 9.10. The van der Waals surface area contributed by atoms with Crippen molar-refractivity contribution in [1.29, 1.82) is 0 Å². The molecule has 0 spiro atoms. The van der Waals surface area contributed by atoms with E-state index < -0.39 is 0 Å². The lowest BCUT2D eigenvalue weighted by Gasteiger charge is -2.16. The summed E-state index contributed by atoms with van der Waals surface area (Å²) in [6.07, 6.45) is 1.07. The molecular weight excluding hydrogens is 244 g/mol. The van der Waals surface area contributed by atoms with Gasteiger partial charge in [-0.3, -0.25) is 0 Å². The Labute approximate surface area is 92.5 Å². The molecule has 0 amide bonds. The fourth-order valence-electron chi connectivity index (χ4n) is 1.85. The molecule has 0 atom stereocenters. The van der Waals surface area contributed by atoms with Gasteiger partial charge in [0.05, 0.1) is 0 Å². The van der Waals surface area contributed by atoms with Crippen LogP contribution in [0, 0.1) is 5.41 Å². The SMILES string of the molecule is CC1(C)Cc2cc(Br)ccc2C1=S. The van der Waals surface area contributed by atoms with Gasteiger partial charge >= 0.3 is 0 Å². The Morgan fingerprint density at radius 2 is 2.08 bits per heavy atom. The van der Waals surface area contributed by atoms with E-state index in [-0.39, 0.29) is 5.41 Å². The summed E-state index contributed by atoms with van der Waals surface area (Å²) in [6, 6.07) is 6.36. The summed E-state index contributed by atoms with van der Waals surface area (Å²) in [7, 11) is 0. The van der Waals surface area contributed by atoms with Crippen LogP contribution >= 0.6 is 28.1 Å². The number of hydrogen-bond acceptors (Lipinski definition) is 1. The quantitative estimate of drug-likeness (QED) is 0.636. The van der Waals surface area contributed by atoms with E-state index in [1.54, 1.807) is 0 Å². The molecule has 0 unspecified atom stereocenters. The predicted octanol–water partition coefficient (Wildman–Crippen LogP) is 3.75. The molecule has 1 aliphatic rings. The smallest absolute Gasteiger partial charge is 0.0286 e. The molecular formula is C11H11BrS. The third kappa shape index (κ3) is 1.46. The normalized spacial score (nSPS) is 18.8. The highest BCUT2D eigenvalue weighted by atomic mass is 79.9. The van der Waals surface area contributed by atoms with Crippen LogP contribution < -0.4 is 0 Å². The zero-order chi connectivity index (χ0) is 9.64. The Balaban J connectivity index is 2.57. The van der Waals surface area contributed by atoms with E-state index >= 15 is 0 Å². The number of rotatable bonds is 0. The fraction of sp³-hybridized carbons (Fsp3) is 0.364. The fourth-order valence-corrected chi connectivity index (χ4v) is 2.53. The van der Waals surface area contributed by atoms with E-state index in [1.165, 1.54) is 11.1 Å². The number of hydrogen-bond donors (Lipinski definition) is 0. The zero-order valence-electron chi connectivity index (χ0n) is 7.73. The Morgan fingerprint density at radius 3 is 2.77 bits per heavy atom. The van der Waals surface area contributed by atoms with Gasteiger partial charge in [-0.1, -0.05) is 48.1 Å². The van der Waals surface area contributed by atoms with Crippen molar-refractivity contribution in [2.45, 2.75) is 20.3 Å². The predicted molar refractivity (Wildman–Crippen MR) is 63.3 cm³/mol. The average Bonchev–Trinajstić information content (AvgIpc) is 2.22. The van der Waals surface area contributed by atoms with Crippen molar-refractivity contribution in [3.05, 3.63) is 33.8 Å². The average molecular weight is 255 g/mol. The Hall–Kier alpha value is -0.210. The lowest BCUT2D eigenvalue weighted by Crippen LogP contribution is -2.17. The van der Waals surface area contributed by atoms with Crippen molar-refractivity contribution in [2.24, 2.45) is 5.41 Å². The first kappa shape index (κ1) is 9.35. The molecule has 13 heavy (non-hydrogen) atoms. The first-order valence-electron chi connectivity index (χ1n) is 4.34. The van der Waals surface area contributed by atoms with Crippen molar-refractivity contribution in [1.82, 2.24) is 0 Å². The van der Waals surface area contributed by atoms with Gasteiger partial charge in [-0.2, -0.15) is 0 Å². The van der Waals surface area contributed by atoms with Crippen LogP contribution in [0.25, 0.3) is 0 Å². The largest absolute Gasteiger partial charge is 0.0837 e. The van der Waals surface area contributed by atoms with Crippen LogP contribution in [-0.2, 0) is 6.42 Å². The van der Waals surface area contributed by atoms with E-state index in [0.29, 0.717) is 0 Å². The summed E-state index contributed by atoms with van der Waals surface area (Å²) in [5.74, 6) is 0. The van der Waals surface area contributed by atoms with E-state index in [2.05, 4.69) is 48.0 Å². The molecule has 0 fully saturated rings. The Bertz CT molecular complexity index is 380. The first-order valence-corrected chi connectivity index (χ1v) is 5.54. The van der Waals surface area contributed by atoms with Crippen LogP contribution in [0.5, 0.6) is 0 Å². The molecule has 0 bridgehead atoms. The minimum Gasteiger partial charge on any atom is -0.0837 e. The van der Waals surface area contributed by atoms with Gasteiger partial charge in [0.25, 0.3) is 0 Å². The summed E-state index contributed by atoms with van der Waals surface area (Å²) in [6.45, 7) is 4.42. The second-order valence-electron chi connectivity index (χ2n) is 4.19. The maximum absolute atomic E-state index is 5.44. The molecule has 2 rings (SSSR count). The van der Waals surface area contributed by atoms with Gasteiger partial charge in [-0.15, -0.1) is 0 Å². The Morgan fingerprint density at radius 1 is 1.38 bits per heavy atom. The molecule has 68 valence electrons. The molecule has 0 saturated heterocycles. The lowest BCUT2D eigenvalue weighted by molar-refractivity contribution is 0.547. The summed E-state index contributed by atoms with van der Waals surface area (Å²) < 4.78 is 1.15. The monoisotopic (exact) mass is 254 g/mol. The minimum atomic E-state index is 0.165. The lowest BCUT2D eigenvalue weighted by atomic mass is 9.90. The van der Waals surface area contributed by atoms with Crippen molar-refractivity contribution in [3.8, 4) is 0 Å². The number of thiocarbonyl (C=S) groups is 1. The van der Waals surface area contributed by atoms with E-state index in [0.717, 1.165) is 15.8 Å². The summed E-state index contributed by atoms with van der Waals surface area (Å²) >= 11 is 8.92. The molecule has 0 aliphatic heterocycles. The first-order chi connectivity index (χ1) is 6.00. The molecule has 1 aromatic rings. The number of benzene rings is 1. The van der Waals surface area contributed by atoms with Gasteiger partial charge < -0.3 is 0 Å². The molecule has 0 N–H and O–H groups in total. The van der Waals surface area contributed by atoms with Crippen LogP contribution in [0.4, 0.5) is 0 Å². The standard InChI is InChI=1S/C11H11BrS/c1-11(2)6-7-5-8(12)3-4-9(7)10(11)13/h3-5H,6H2,1-2H3. The third-order valence-corrected chi connectivity index (χ3v) is 3.82. The van der Waals surface area contributed by atoms with Crippen molar-refractivity contribution >= 4 is 33.0 Å². The van der Waals surface area contributed by atoms with Gasteiger partial charge in [-0.25, -0.2) is 0 Å².